The van der Waals surface area contributed by atoms with E-state index in [1.807, 2.05) is 9.34 Å². The van der Waals surface area contributed by atoms with Crippen molar-refractivity contribution in [3.63, 3.8) is 0 Å². The maximum Gasteiger partial charge on any atom is 0.346 e. The number of benzene rings is 2. The number of nitrogens with zero attached hydrogens (tertiary/aromatic N) is 3. The minimum Gasteiger partial charge on any atom is -0.450 e. The summed E-state index contributed by atoms with van der Waals surface area (Å²) in [7, 11) is -3.00. The molecule has 2 aliphatic heterocycles. The molecule has 0 spiro atoms. The Morgan fingerprint density at radius 2 is 1.71 bits per heavy atom. The van der Waals surface area contributed by atoms with Gasteiger partial charge >= 0.3 is 13.4 Å². The van der Waals surface area contributed by atoms with Crippen LogP contribution in [0.2, 0.25) is 0 Å². The van der Waals surface area contributed by atoms with Gasteiger partial charge in [0.15, 0.2) is 0 Å². The minimum absolute atomic E-state index is 0.0935. The van der Waals surface area contributed by atoms with Gasteiger partial charge in [-0.3, -0.25) is 19.2 Å². The van der Waals surface area contributed by atoms with Crippen molar-refractivity contribution in [3.8, 4) is 11.5 Å². The number of nitro benzene ring substituents is 1. The fourth-order valence-electron chi connectivity index (χ4n) is 2.85. The Morgan fingerprint density at radius 3 is 2.25 bits per heavy atom. The zero-order valence-electron chi connectivity index (χ0n) is 15.4. The second-order valence-electron chi connectivity index (χ2n) is 6.80. The second-order valence-corrected chi connectivity index (χ2v) is 9.12. The molecule has 2 aromatic carbocycles. The third-order valence-corrected chi connectivity index (χ3v) is 7.44. The lowest BCUT2D eigenvalue weighted by Gasteiger charge is -2.24. The quantitative estimate of drug-likeness (QED) is 0.233. The minimum atomic E-state index is -3.00. The van der Waals surface area contributed by atoms with E-state index in [9.17, 15) is 14.7 Å². The average Bonchev–Trinajstić information content (AvgIpc) is 3.55. The molecule has 1 atom stereocenters. The molecule has 28 heavy (non-hydrogen) atoms. The van der Waals surface area contributed by atoms with Gasteiger partial charge in [0.05, 0.1) is 11.0 Å². The highest BCUT2D eigenvalue weighted by Crippen LogP contribution is 2.63. The van der Waals surface area contributed by atoms with E-state index in [0.29, 0.717) is 17.0 Å². The predicted octanol–water partition coefficient (Wildman–Crippen LogP) is 3.79. The lowest BCUT2D eigenvalue weighted by atomic mass is 10.1. The number of nitro groups is 1. The molecular weight excluding hydrogens is 383 g/mol. The van der Waals surface area contributed by atoms with E-state index in [2.05, 4.69) is 0 Å². The van der Waals surface area contributed by atoms with Crippen LogP contribution in [-0.2, 0) is 9.09 Å². The van der Waals surface area contributed by atoms with Crippen LogP contribution in [0.3, 0.4) is 0 Å². The average molecular weight is 404 g/mol. The van der Waals surface area contributed by atoms with E-state index in [0.717, 1.165) is 26.2 Å². The Labute approximate surface area is 162 Å². The lowest BCUT2D eigenvalue weighted by molar-refractivity contribution is -0.385. The number of hydrogen-bond acceptors (Lipinski definition) is 6. The summed E-state index contributed by atoms with van der Waals surface area (Å²) in [4.78, 5) is 10.9. The van der Waals surface area contributed by atoms with E-state index >= 15 is 0 Å². The summed E-state index contributed by atoms with van der Waals surface area (Å²) in [5.41, 5.74) is 6.73. The molecule has 0 aromatic heterocycles. The van der Waals surface area contributed by atoms with E-state index in [4.69, 9.17) is 15.0 Å². The van der Waals surface area contributed by atoms with Crippen LogP contribution in [-0.4, -0.2) is 40.4 Å². The summed E-state index contributed by atoms with van der Waals surface area (Å²) in [6.45, 7) is 4.81. The highest BCUT2D eigenvalue weighted by molar-refractivity contribution is 7.54. The summed E-state index contributed by atoms with van der Waals surface area (Å²) in [5, 5.41) is 11.4. The van der Waals surface area contributed by atoms with Crippen molar-refractivity contribution >= 4 is 19.0 Å². The van der Waals surface area contributed by atoms with Crippen LogP contribution in [0.15, 0.2) is 42.5 Å². The third-order valence-electron chi connectivity index (χ3n) is 4.62. The molecular formula is C18H21N4O5P. The fourth-order valence-corrected chi connectivity index (χ4v) is 5.20. The molecule has 4 rings (SSSR count). The molecule has 148 valence electrons. The maximum atomic E-state index is 13.2. The Balaban J connectivity index is 1.59. The van der Waals surface area contributed by atoms with Gasteiger partial charge in [0.25, 0.3) is 0 Å². The van der Waals surface area contributed by atoms with Crippen LogP contribution in [0.25, 0.3) is 0 Å². The normalized spacial score (nSPS) is 17.9. The summed E-state index contributed by atoms with van der Waals surface area (Å²) in [5.74, 6) is 0.526. The number of anilines is 1. The molecule has 0 amide bonds. The first-order chi connectivity index (χ1) is 13.4. The predicted molar refractivity (Wildman–Crippen MR) is 104 cm³/mol. The highest BCUT2D eigenvalue weighted by atomic mass is 31.2. The number of nitrogen functional groups attached to an aromatic ring is 1. The second kappa shape index (κ2) is 7.18. The molecule has 2 N–H and O–H groups in total. The molecule has 2 aromatic rings. The van der Waals surface area contributed by atoms with Crippen LogP contribution < -0.4 is 10.5 Å². The van der Waals surface area contributed by atoms with Crippen molar-refractivity contribution in [3.05, 3.63) is 58.1 Å². The molecule has 0 radical (unpaired) electrons. The standard InChI is InChI=1S/C18H21N4O5P/c1-13(27-28(25,20-8-9-20)21-10-11-21)14-2-7-17(22(23)24)18(12-14)26-16-5-3-15(19)4-6-16/h2-7,12-13H,8-11,19H2,1H3. The van der Waals surface area contributed by atoms with Gasteiger partial charge in [0.2, 0.25) is 5.75 Å². The van der Waals surface area contributed by atoms with Crippen LogP contribution in [0.1, 0.15) is 18.6 Å². The van der Waals surface area contributed by atoms with Gasteiger partial charge < -0.3 is 10.5 Å². The van der Waals surface area contributed by atoms with Crippen molar-refractivity contribution in [1.29, 1.82) is 0 Å². The molecule has 2 saturated heterocycles. The summed E-state index contributed by atoms with van der Waals surface area (Å²) in [6.07, 6.45) is -0.512. The molecule has 0 saturated carbocycles. The van der Waals surface area contributed by atoms with E-state index < -0.39 is 18.7 Å². The monoisotopic (exact) mass is 404 g/mol. The van der Waals surface area contributed by atoms with Gasteiger partial charge in [-0.15, -0.1) is 0 Å². The first kappa shape index (κ1) is 18.9. The maximum absolute atomic E-state index is 13.2. The zero-order chi connectivity index (χ0) is 19.9. The van der Waals surface area contributed by atoms with Gasteiger partial charge in [-0.2, -0.15) is 0 Å². The van der Waals surface area contributed by atoms with Crippen LogP contribution >= 0.6 is 7.67 Å². The van der Waals surface area contributed by atoms with E-state index in [-0.39, 0.29) is 11.4 Å². The van der Waals surface area contributed by atoms with Crippen molar-refractivity contribution < 1.29 is 18.7 Å². The number of rotatable bonds is 8. The van der Waals surface area contributed by atoms with Crippen molar-refractivity contribution in [2.24, 2.45) is 0 Å². The van der Waals surface area contributed by atoms with Gasteiger partial charge in [0, 0.05) is 37.9 Å². The molecule has 10 heteroatoms. The first-order valence-corrected chi connectivity index (χ1v) is 10.5. The Morgan fingerprint density at radius 1 is 1.11 bits per heavy atom. The Bertz CT molecular complexity index is 927. The van der Waals surface area contributed by atoms with Gasteiger partial charge in [-0.05, 0) is 48.9 Å². The summed E-state index contributed by atoms with van der Waals surface area (Å²) in [6, 6.07) is 11.1. The van der Waals surface area contributed by atoms with Crippen molar-refractivity contribution in [1.82, 2.24) is 9.34 Å². The number of ether oxygens (including phenoxy) is 1. The molecule has 2 fully saturated rings. The van der Waals surface area contributed by atoms with Crippen LogP contribution in [0.4, 0.5) is 11.4 Å². The molecule has 0 aliphatic carbocycles. The van der Waals surface area contributed by atoms with Crippen LogP contribution in [0, 0.1) is 10.1 Å². The zero-order valence-corrected chi connectivity index (χ0v) is 16.2. The highest BCUT2D eigenvalue weighted by Gasteiger charge is 2.50. The molecule has 2 aliphatic rings. The smallest absolute Gasteiger partial charge is 0.346 e. The Kier molecular flexibility index (Phi) is 4.84. The topological polar surface area (TPSA) is 111 Å². The summed E-state index contributed by atoms with van der Waals surface area (Å²) < 4.78 is 28.5. The summed E-state index contributed by atoms with van der Waals surface area (Å²) >= 11 is 0. The molecule has 0 bridgehead atoms. The van der Waals surface area contributed by atoms with Crippen molar-refractivity contribution in [2.45, 2.75) is 13.0 Å². The first-order valence-electron chi connectivity index (χ1n) is 8.98. The number of nitrogens with two attached hydrogens (primary N) is 1. The van der Waals surface area contributed by atoms with Crippen LogP contribution in [0.5, 0.6) is 11.5 Å². The van der Waals surface area contributed by atoms with Crippen molar-refractivity contribution in [2.75, 3.05) is 31.9 Å². The van der Waals surface area contributed by atoms with Gasteiger partial charge in [-0.25, -0.2) is 9.34 Å². The fraction of sp³-hybridized carbons (Fsp3) is 0.333. The third kappa shape index (κ3) is 3.88. The van der Waals surface area contributed by atoms with E-state index in [1.54, 1.807) is 43.3 Å². The number of hydrogen-bond donors (Lipinski definition) is 1. The SMILES string of the molecule is CC(OP(=O)(N1CC1)N1CC1)c1ccc([N+](=O)[O-])c(Oc2ccc(N)cc2)c1. The largest absolute Gasteiger partial charge is 0.450 e. The Hall–Kier alpha value is -2.45. The lowest BCUT2D eigenvalue weighted by Crippen LogP contribution is -2.10. The molecule has 2 heterocycles. The molecule has 1 unspecified atom stereocenters. The molecule has 9 nitrogen and oxygen atoms in total. The van der Waals surface area contributed by atoms with Gasteiger partial charge in [0.1, 0.15) is 5.75 Å². The van der Waals surface area contributed by atoms with E-state index in [1.165, 1.54) is 6.07 Å². The van der Waals surface area contributed by atoms with Gasteiger partial charge in [-0.1, -0.05) is 0 Å².